The van der Waals surface area contributed by atoms with Crippen molar-refractivity contribution >= 4 is 11.5 Å². The molecule has 2 saturated heterocycles. The Morgan fingerprint density at radius 2 is 2.05 bits per heavy atom. The molecule has 2 aliphatic rings. The Bertz CT molecular complexity index is 479. The molecule has 0 N–H and O–H groups in total. The first kappa shape index (κ1) is 14.5. The van der Waals surface area contributed by atoms with Gasteiger partial charge < -0.3 is 4.90 Å². The van der Waals surface area contributed by atoms with Gasteiger partial charge in [-0.2, -0.15) is 0 Å². The van der Waals surface area contributed by atoms with Crippen LogP contribution >= 0.6 is 0 Å². The summed E-state index contributed by atoms with van der Waals surface area (Å²) in [6.45, 7) is 6.61. The Morgan fingerprint density at radius 3 is 2.71 bits per heavy atom. The Hall–Kier alpha value is -1.42. The van der Waals surface area contributed by atoms with Gasteiger partial charge >= 0.3 is 0 Å². The number of Topliss-reactive ketones (excluding diaryl/α,β-unsaturated/α-hetero) is 1. The van der Waals surface area contributed by atoms with E-state index in [1.54, 1.807) is 0 Å². The minimum Gasteiger partial charge on any atom is -0.369 e. The van der Waals surface area contributed by atoms with Gasteiger partial charge in [-0.3, -0.25) is 14.7 Å². The molecule has 0 aromatic carbocycles. The van der Waals surface area contributed by atoms with Crippen molar-refractivity contribution in [3.63, 3.8) is 0 Å². The summed E-state index contributed by atoms with van der Waals surface area (Å²) < 4.78 is 0. The second-order valence-electron chi connectivity index (χ2n) is 6.16. The molecule has 2 fully saturated rings. The zero-order valence-corrected chi connectivity index (χ0v) is 12.9. The summed E-state index contributed by atoms with van der Waals surface area (Å²) in [7, 11) is 0. The van der Waals surface area contributed by atoms with Crippen LogP contribution in [0, 0.1) is 0 Å². The summed E-state index contributed by atoms with van der Waals surface area (Å²) in [5.74, 6) is 0.120. The lowest BCUT2D eigenvalue weighted by Gasteiger charge is -2.32. The van der Waals surface area contributed by atoms with Gasteiger partial charge in [-0.05, 0) is 44.5 Å². The molecule has 0 radical (unpaired) electrons. The van der Waals surface area contributed by atoms with Crippen LogP contribution in [0.15, 0.2) is 18.3 Å². The van der Waals surface area contributed by atoms with Gasteiger partial charge in [0.2, 0.25) is 0 Å². The smallest absolute Gasteiger partial charge is 0.180 e. The van der Waals surface area contributed by atoms with E-state index < -0.39 is 0 Å². The maximum atomic E-state index is 11.6. The molecule has 1 unspecified atom stereocenters. The van der Waals surface area contributed by atoms with E-state index in [-0.39, 0.29) is 5.78 Å². The molecule has 4 heteroatoms. The molecule has 0 amide bonds. The number of likely N-dealkylation sites (tertiary alicyclic amines) is 1. The molecule has 0 saturated carbocycles. The van der Waals surface area contributed by atoms with Gasteiger partial charge in [-0.1, -0.05) is 13.3 Å². The van der Waals surface area contributed by atoms with Crippen LogP contribution in [-0.2, 0) is 0 Å². The van der Waals surface area contributed by atoms with Gasteiger partial charge in [0.05, 0.1) is 11.9 Å². The molecule has 1 atom stereocenters. The molecule has 1 aromatic heterocycles. The standard InChI is InChI=1S/C17H25N3O/c1-2-17(21)16-7-6-14(12-18-16)20-11-8-15(13-20)19-9-4-3-5-10-19/h6-7,12,15H,2-5,8-11,13H2,1H3. The van der Waals surface area contributed by atoms with E-state index in [1.165, 1.54) is 38.8 Å². The number of anilines is 1. The third-order valence-electron chi connectivity index (χ3n) is 4.79. The van der Waals surface area contributed by atoms with E-state index in [4.69, 9.17) is 0 Å². The van der Waals surface area contributed by atoms with Crippen molar-refractivity contribution in [3.8, 4) is 0 Å². The van der Waals surface area contributed by atoms with Crippen molar-refractivity contribution in [2.24, 2.45) is 0 Å². The lowest BCUT2D eigenvalue weighted by atomic mass is 10.1. The van der Waals surface area contributed by atoms with Crippen LogP contribution in [-0.4, -0.2) is 47.9 Å². The number of rotatable bonds is 4. The largest absolute Gasteiger partial charge is 0.369 e. The zero-order chi connectivity index (χ0) is 14.7. The van der Waals surface area contributed by atoms with Crippen molar-refractivity contribution < 1.29 is 4.79 Å². The number of ketones is 1. The predicted octanol–water partition coefficient (Wildman–Crippen LogP) is 2.74. The summed E-state index contributed by atoms with van der Waals surface area (Å²) in [5, 5.41) is 0. The number of carbonyl (C=O) groups excluding carboxylic acids is 1. The van der Waals surface area contributed by atoms with Crippen LogP contribution in [0.2, 0.25) is 0 Å². The minimum atomic E-state index is 0.120. The third kappa shape index (κ3) is 3.26. The first-order valence-corrected chi connectivity index (χ1v) is 8.26. The Balaban J connectivity index is 1.61. The number of piperidine rings is 1. The normalized spacial score (nSPS) is 23.5. The fourth-order valence-corrected chi connectivity index (χ4v) is 3.48. The monoisotopic (exact) mass is 287 g/mol. The Labute approximate surface area is 127 Å². The second kappa shape index (κ2) is 6.56. The quantitative estimate of drug-likeness (QED) is 0.798. The molecule has 0 aliphatic carbocycles. The number of aromatic nitrogens is 1. The average molecular weight is 287 g/mol. The molecular weight excluding hydrogens is 262 g/mol. The molecule has 3 heterocycles. The topological polar surface area (TPSA) is 36.4 Å². The lowest BCUT2D eigenvalue weighted by molar-refractivity contribution is 0.0983. The Morgan fingerprint density at radius 1 is 1.24 bits per heavy atom. The number of carbonyl (C=O) groups is 1. The van der Waals surface area contributed by atoms with Crippen LogP contribution in [0.1, 0.15) is 49.5 Å². The summed E-state index contributed by atoms with van der Waals surface area (Å²) in [6, 6.07) is 4.62. The van der Waals surface area contributed by atoms with Crippen LogP contribution in [0.3, 0.4) is 0 Å². The molecule has 0 bridgehead atoms. The highest BCUT2D eigenvalue weighted by Gasteiger charge is 2.28. The fourth-order valence-electron chi connectivity index (χ4n) is 3.48. The van der Waals surface area contributed by atoms with Crippen LogP contribution < -0.4 is 4.90 Å². The summed E-state index contributed by atoms with van der Waals surface area (Å²) in [6.07, 6.45) is 7.73. The van der Waals surface area contributed by atoms with E-state index >= 15 is 0 Å². The molecule has 0 spiro atoms. The lowest BCUT2D eigenvalue weighted by Crippen LogP contribution is -2.40. The van der Waals surface area contributed by atoms with Gasteiger partial charge in [-0.15, -0.1) is 0 Å². The number of nitrogens with zero attached hydrogens (tertiary/aromatic N) is 3. The van der Waals surface area contributed by atoms with E-state index in [0.717, 1.165) is 18.8 Å². The van der Waals surface area contributed by atoms with Crippen molar-refractivity contribution in [2.45, 2.75) is 45.1 Å². The van der Waals surface area contributed by atoms with E-state index in [0.29, 0.717) is 18.2 Å². The first-order chi connectivity index (χ1) is 10.3. The number of hydrogen-bond donors (Lipinski definition) is 0. The van der Waals surface area contributed by atoms with Gasteiger partial charge in [0.1, 0.15) is 5.69 Å². The average Bonchev–Trinajstić information content (AvgIpc) is 3.05. The number of pyridine rings is 1. The number of hydrogen-bond acceptors (Lipinski definition) is 4. The van der Waals surface area contributed by atoms with Crippen molar-refractivity contribution in [2.75, 3.05) is 31.1 Å². The third-order valence-corrected chi connectivity index (χ3v) is 4.79. The Kier molecular flexibility index (Phi) is 4.54. The molecule has 21 heavy (non-hydrogen) atoms. The SMILES string of the molecule is CCC(=O)c1ccc(N2CCC(N3CCCCC3)C2)cn1. The van der Waals surface area contributed by atoms with Gasteiger partial charge in [0.15, 0.2) is 5.78 Å². The van der Waals surface area contributed by atoms with Crippen LogP contribution in [0.5, 0.6) is 0 Å². The van der Waals surface area contributed by atoms with E-state index in [2.05, 4.69) is 20.9 Å². The maximum Gasteiger partial charge on any atom is 0.180 e. The van der Waals surface area contributed by atoms with Crippen LogP contribution in [0.25, 0.3) is 0 Å². The van der Waals surface area contributed by atoms with E-state index in [1.807, 2.05) is 19.2 Å². The minimum absolute atomic E-state index is 0.120. The molecule has 2 aliphatic heterocycles. The molecule has 3 rings (SSSR count). The summed E-state index contributed by atoms with van der Waals surface area (Å²) in [4.78, 5) is 21.0. The highest BCUT2D eigenvalue weighted by atomic mass is 16.1. The molecular formula is C17H25N3O. The summed E-state index contributed by atoms with van der Waals surface area (Å²) >= 11 is 0. The highest BCUT2D eigenvalue weighted by molar-refractivity contribution is 5.94. The first-order valence-electron chi connectivity index (χ1n) is 8.26. The maximum absolute atomic E-state index is 11.6. The molecule has 114 valence electrons. The van der Waals surface area contributed by atoms with Crippen molar-refractivity contribution in [1.29, 1.82) is 0 Å². The molecule has 1 aromatic rings. The van der Waals surface area contributed by atoms with Crippen LogP contribution in [0.4, 0.5) is 5.69 Å². The second-order valence-corrected chi connectivity index (χ2v) is 6.16. The summed E-state index contributed by atoms with van der Waals surface area (Å²) in [5.41, 5.74) is 1.75. The zero-order valence-electron chi connectivity index (χ0n) is 12.9. The van der Waals surface area contributed by atoms with Gasteiger partial charge in [0.25, 0.3) is 0 Å². The van der Waals surface area contributed by atoms with Gasteiger partial charge in [-0.25, -0.2) is 0 Å². The fraction of sp³-hybridized carbons (Fsp3) is 0.647. The predicted molar refractivity (Wildman–Crippen MR) is 84.9 cm³/mol. The van der Waals surface area contributed by atoms with Gasteiger partial charge in [0, 0.05) is 25.6 Å². The molecule has 4 nitrogen and oxygen atoms in total. The highest BCUT2D eigenvalue weighted by Crippen LogP contribution is 2.24. The van der Waals surface area contributed by atoms with Crippen molar-refractivity contribution in [3.05, 3.63) is 24.0 Å². The van der Waals surface area contributed by atoms with E-state index in [9.17, 15) is 4.79 Å². The van der Waals surface area contributed by atoms with Crippen molar-refractivity contribution in [1.82, 2.24) is 9.88 Å².